The van der Waals surface area contributed by atoms with Crippen molar-refractivity contribution >= 4 is 78.2 Å². The number of benzene rings is 2. The van der Waals surface area contributed by atoms with Crippen LogP contribution in [0, 0.1) is 0 Å². The number of halogens is 1. The first-order valence-electron chi connectivity index (χ1n) is 8.87. The van der Waals surface area contributed by atoms with Crippen molar-refractivity contribution in [1.29, 1.82) is 0 Å². The first-order chi connectivity index (χ1) is 13.2. The molecule has 2 heterocycles. The number of rotatable bonds is 6. The molecule has 27 heavy (non-hydrogen) atoms. The zero-order valence-electron chi connectivity index (χ0n) is 15.3. The van der Waals surface area contributed by atoms with Gasteiger partial charge in [0.15, 0.2) is 8.68 Å². The molecule has 0 amide bonds. The third-order valence-corrected chi connectivity index (χ3v) is 8.16. The quantitative estimate of drug-likeness (QED) is 0.217. The van der Waals surface area contributed by atoms with Gasteiger partial charge in [-0.1, -0.05) is 67.5 Å². The molecule has 0 aliphatic carbocycles. The lowest BCUT2D eigenvalue weighted by molar-refractivity contribution is 0.896. The number of fused-ring (bicyclic) bond motifs is 2. The van der Waals surface area contributed by atoms with Gasteiger partial charge in [0, 0.05) is 10.8 Å². The SMILES string of the molecule is CCCCSc1nc2ccccc2s1.CCSc1nc2cc(Cl)ccc2s1. The summed E-state index contributed by atoms with van der Waals surface area (Å²) >= 11 is 13.0. The second kappa shape index (κ2) is 10.7. The zero-order chi connectivity index (χ0) is 19.1. The Kier molecular flexibility index (Phi) is 8.27. The van der Waals surface area contributed by atoms with Crippen molar-refractivity contribution in [2.45, 2.75) is 35.4 Å². The van der Waals surface area contributed by atoms with Crippen molar-refractivity contribution in [3.63, 3.8) is 0 Å². The van der Waals surface area contributed by atoms with E-state index >= 15 is 0 Å². The minimum absolute atomic E-state index is 0.755. The van der Waals surface area contributed by atoms with E-state index in [0.29, 0.717) is 0 Å². The summed E-state index contributed by atoms with van der Waals surface area (Å²) in [4.78, 5) is 9.03. The molecule has 0 saturated heterocycles. The molecule has 4 aromatic rings. The summed E-state index contributed by atoms with van der Waals surface area (Å²) in [5.41, 5.74) is 2.14. The van der Waals surface area contributed by atoms with Crippen molar-refractivity contribution in [1.82, 2.24) is 9.97 Å². The van der Waals surface area contributed by atoms with E-state index in [1.54, 1.807) is 34.4 Å². The Morgan fingerprint density at radius 2 is 1.59 bits per heavy atom. The molecule has 4 rings (SSSR count). The van der Waals surface area contributed by atoms with E-state index in [4.69, 9.17) is 11.6 Å². The van der Waals surface area contributed by atoms with Crippen LogP contribution in [0.15, 0.2) is 51.1 Å². The summed E-state index contributed by atoms with van der Waals surface area (Å²) in [6, 6.07) is 14.2. The van der Waals surface area contributed by atoms with Gasteiger partial charge in [0.1, 0.15) is 0 Å². The Bertz CT molecular complexity index is 963. The van der Waals surface area contributed by atoms with Crippen molar-refractivity contribution in [3.8, 4) is 0 Å². The Morgan fingerprint density at radius 1 is 0.889 bits per heavy atom. The third-order valence-electron chi connectivity index (χ3n) is 3.60. The number of unbranched alkanes of at least 4 members (excludes halogenated alkanes) is 1. The first kappa shape index (κ1) is 20.9. The maximum atomic E-state index is 5.86. The Labute approximate surface area is 181 Å². The molecule has 2 aromatic carbocycles. The Morgan fingerprint density at radius 3 is 2.33 bits per heavy atom. The molecular formula is C20H21ClN2S4. The molecule has 0 aliphatic rings. The van der Waals surface area contributed by atoms with Crippen molar-refractivity contribution in [3.05, 3.63) is 47.5 Å². The number of hydrogen-bond acceptors (Lipinski definition) is 6. The summed E-state index contributed by atoms with van der Waals surface area (Å²) in [6.45, 7) is 4.35. The van der Waals surface area contributed by atoms with Crippen LogP contribution >= 0.6 is 57.8 Å². The monoisotopic (exact) mass is 452 g/mol. The Balaban J connectivity index is 0.000000156. The van der Waals surface area contributed by atoms with Gasteiger partial charge in [0.05, 0.1) is 20.4 Å². The van der Waals surface area contributed by atoms with Crippen molar-refractivity contribution in [2.75, 3.05) is 11.5 Å². The van der Waals surface area contributed by atoms with Gasteiger partial charge in [-0.15, -0.1) is 22.7 Å². The van der Waals surface area contributed by atoms with Crippen LogP contribution in [0.4, 0.5) is 0 Å². The lowest BCUT2D eigenvalue weighted by atomic mass is 10.3. The van der Waals surface area contributed by atoms with Crippen LogP contribution in [0.1, 0.15) is 26.7 Å². The summed E-state index contributed by atoms with van der Waals surface area (Å²) in [5, 5.41) is 0.755. The molecule has 7 heteroatoms. The van der Waals surface area contributed by atoms with Gasteiger partial charge in [0.25, 0.3) is 0 Å². The first-order valence-corrected chi connectivity index (χ1v) is 12.8. The van der Waals surface area contributed by atoms with Crippen LogP contribution < -0.4 is 0 Å². The van der Waals surface area contributed by atoms with Crippen LogP contribution in [0.2, 0.25) is 5.02 Å². The molecule has 0 spiro atoms. The van der Waals surface area contributed by atoms with Crippen molar-refractivity contribution < 1.29 is 0 Å². The molecule has 0 radical (unpaired) electrons. The van der Waals surface area contributed by atoms with E-state index in [1.807, 2.05) is 36.0 Å². The Hall–Kier alpha value is -0.790. The topological polar surface area (TPSA) is 25.8 Å². The fourth-order valence-corrected chi connectivity index (χ4v) is 6.62. The maximum Gasteiger partial charge on any atom is 0.151 e. The number of aromatic nitrogens is 2. The lowest BCUT2D eigenvalue weighted by Crippen LogP contribution is -1.76. The predicted molar refractivity (Wildman–Crippen MR) is 126 cm³/mol. The van der Waals surface area contributed by atoms with Crippen LogP contribution in [-0.2, 0) is 0 Å². The molecule has 0 aliphatic heterocycles. The smallest absolute Gasteiger partial charge is 0.151 e. The minimum Gasteiger partial charge on any atom is -0.230 e. The third kappa shape index (κ3) is 6.09. The summed E-state index contributed by atoms with van der Waals surface area (Å²) < 4.78 is 4.84. The standard InChI is InChI=1S/C11H13NS2.C9H8ClNS2/c1-2-3-8-13-11-12-9-6-4-5-7-10(9)14-11;1-2-12-9-11-7-5-6(10)3-4-8(7)13-9/h4-7H,2-3,8H2,1H3;3-5H,2H2,1H3. The fourth-order valence-electron chi connectivity index (χ4n) is 2.28. The summed E-state index contributed by atoms with van der Waals surface area (Å²) in [5.74, 6) is 2.25. The van der Waals surface area contributed by atoms with E-state index in [0.717, 1.165) is 26.1 Å². The summed E-state index contributed by atoms with van der Waals surface area (Å²) in [6.07, 6.45) is 2.54. The second-order valence-corrected chi connectivity index (χ2v) is 11.0. The average Bonchev–Trinajstić information content (AvgIpc) is 3.25. The van der Waals surface area contributed by atoms with Gasteiger partial charge in [-0.2, -0.15) is 0 Å². The van der Waals surface area contributed by atoms with Gasteiger partial charge >= 0.3 is 0 Å². The van der Waals surface area contributed by atoms with Crippen LogP contribution in [0.3, 0.4) is 0 Å². The van der Waals surface area contributed by atoms with Crippen LogP contribution in [-0.4, -0.2) is 21.5 Å². The minimum atomic E-state index is 0.755. The molecule has 2 aromatic heterocycles. The summed E-state index contributed by atoms with van der Waals surface area (Å²) in [7, 11) is 0. The highest BCUT2D eigenvalue weighted by Crippen LogP contribution is 2.31. The van der Waals surface area contributed by atoms with E-state index in [2.05, 4.69) is 42.0 Å². The molecule has 2 nitrogen and oxygen atoms in total. The second-order valence-electron chi connectivity index (χ2n) is 5.67. The average molecular weight is 453 g/mol. The van der Waals surface area contributed by atoms with Crippen LogP contribution in [0.25, 0.3) is 20.4 Å². The largest absolute Gasteiger partial charge is 0.230 e. The highest BCUT2D eigenvalue weighted by atomic mass is 35.5. The van der Waals surface area contributed by atoms with Gasteiger partial charge in [-0.3, -0.25) is 0 Å². The zero-order valence-corrected chi connectivity index (χ0v) is 19.3. The molecule has 0 atom stereocenters. The lowest BCUT2D eigenvalue weighted by Gasteiger charge is -1.92. The molecule has 0 saturated carbocycles. The van der Waals surface area contributed by atoms with E-state index in [-0.39, 0.29) is 0 Å². The number of hydrogen-bond donors (Lipinski definition) is 0. The maximum absolute atomic E-state index is 5.86. The van der Waals surface area contributed by atoms with Gasteiger partial charge < -0.3 is 0 Å². The van der Waals surface area contributed by atoms with Gasteiger partial charge in [-0.25, -0.2) is 9.97 Å². The van der Waals surface area contributed by atoms with E-state index in [1.165, 1.54) is 32.3 Å². The van der Waals surface area contributed by atoms with E-state index in [9.17, 15) is 0 Å². The van der Waals surface area contributed by atoms with Crippen LogP contribution in [0.5, 0.6) is 0 Å². The molecule has 142 valence electrons. The number of thiazole rings is 2. The van der Waals surface area contributed by atoms with Gasteiger partial charge in [-0.05, 0) is 42.5 Å². The van der Waals surface area contributed by atoms with E-state index < -0.39 is 0 Å². The molecule has 0 bridgehead atoms. The number of nitrogens with zero attached hydrogens (tertiary/aromatic N) is 2. The highest BCUT2D eigenvalue weighted by molar-refractivity contribution is 8.01. The molecule has 0 fully saturated rings. The highest BCUT2D eigenvalue weighted by Gasteiger charge is 2.03. The predicted octanol–water partition coefficient (Wildman–Crippen LogP) is 8.25. The molecule has 0 N–H and O–H groups in total. The molecular weight excluding hydrogens is 432 g/mol. The van der Waals surface area contributed by atoms with Gasteiger partial charge in [0.2, 0.25) is 0 Å². The molecule has 0 unspecified atom stereocenters. The fraction of sp³-hybridized carbons (Fsp3) is 0.300. The number of thioether (sulfide) groups is 2. The number of para-hydroxylation sites is 1. The van der Waals surface area contributed by atoms with Crippen molar-refractivity contribution in [2.24, 2.45) is 0 Å². The normalized spacial score (nSPS) is 10.9.